The SMILES string of the molecule is CC1(C)C(=O)N(CCOc2ccc(CN)cc2)S1(=O)=O. The van der Waals surface area contributed by atoms with Crippen LogP contribution in [0.4, 0.5) is 0 Å². The Hall–Kier alpha value is -1.60. The summed E-state index contributed by atoms with van der Waals surface area (Å²) in [7, 11) is -3.53. The molecule has 0 atom stereocenters. The lowest BCUT2D eigenvalue weighted by Gasteiger charge is -2.42. The van der Waals surface area contributed by atoms with Crippen molar-refractivity contribution in [3.05, 3.63) is 29.8 Å². The summed E-state index contributed by atoms with van der Waals surface area (Å²) < 4.78 is 28.7. The Morgan fingerprint density at radius 3 is 2.35 bits per heavy atom. The van der Waals surface area contributed by atoms with E-state index >= 15 is 0 Å². The van der Waals surface area contributed by atoms with Gasteiger partial charge in [-0.1, -0.05) is 12.1 Å². The molecule has 1 heterocycles. The highest BCUT2D eigenvalue weighted by molar-refractivity contribution is 7.94. The van der Waals surface area contributed by atoms with Gasteiger partial charge in [0, 0.05) is 6.54 Å². The molecule has 1 aromatic rings. The molecular weight excluding hydrogens is 280 g/mol. The molecule has 0 spiro atoms. The largest absolute Gasteiger partial charge is 0.492 e. The minimum atomic E-state index is -3.53. The highest BCUT2D eigenvalue weighted by Crippen LogP contribution is 2.34. The maximum atomic E-state index is 11.8. The number of sulfonamides is 1. The summed E-state index contributed by atoms with van der Waals surface area (Å²) >= 11 is 0. The van der Waals surface area contributed by atoms with E-state index in [1.165, 1.54) is 13.8 Å². The van der Waals surface area contributed by atoms with Crippen molar-refractivity contribution in [3.8, 4) is 5.75 Å². The third-order valence-electron chi connectivity index (χ3n) is 3.40. The van der Waals surface area contributed by atoms with E-state index in [2.05, 4.69) is 0 Å². The van der Waals surface area contributed by atoms with Gasteiger partial charge in [-0.25, -0.2) is 12.7 Å². The summed E-state index contributed by atoms with van der Waals surface area (Å²) in [6, 6.07) is 7.20. The van der Waals surface area contributed by atoms with E-state index < -0.39 is 14.8 Å². The predicted molar refractivity (Wildman–Crippen MR) is 74.5 cm³/mol. The van der Waals surface area contributed by atoms with E-state index in [1.807, 2.05) is 12.1 Å². The molecule has 0 bridgehead atoms. The zero-order valence-corrected chi connectivity index (χ0v) is 12.3. The van der Waals surface area contributed by atoms with Crippen LogP contribution >= 0.6 is 0 Å². The molecule has 0 radical (unpaired) electrons. The van der Waals surface area contributed by atoms with Crippen LogP contribution in [0, 0.1) is 0 Å². The second-order valence-corrected chi connectivity index (χ2v) is 7.50. The molecule has 1 aliphatic heterocycles. The van der Waals surface area contributed by atoms with Crippen molar-refractivity contribution in [2.45, 2.75) is 25.1 Å². The molecule has 0 saturated carbocycles. The second kappa shape index (κ2) is 5.06. The van der Waals surface area contributed by atoms with Crippen LogP contribution in [0.3, 0.4) is 0 Å². The average molecular weight is 298 g/mol. The van der Waals surface area contributed by atoms with Gasteiger partial charge in [0.25, 0.3) is 15.9 Å². The van der Waals surface area contributed by atoms with Crippen molar-refractivity contribution in [2.24, 2.45) is 5.73 Å². The highest BCUT2D eigenvalue weighted by atomic mass is 32.2. The van der Waals surface area contributed by atoms with E-state index in [0.29, 0.717) is 12.3 Å². The molecule has 20 heavy (non-hydrogen) atoms. The van der Waals surface area contributed by atoms with Gasteiger partial charge in [0.2, 0.25) is 0 Å². The van der Waals surface area contributed by atoms with Crippen molar-refractivity contribution < 1.29 is 17.9 Å². The van der Waals surface area contributed by atoms with Crippen LogP contribution in [0.15, 0.2) is 24.3 Å². The van der Waals surface area contributed by atoms with Gasteiger partial charge in [0.1, 0.15) is 12.4 Å². The molecule has 110 valence electrons. The molecule has 0 aromatic heterocycles. The number of rotatable bonds is 5. The lowest BCUT2D eigenvalue weighted by atomic mass is 10.2. The molecule has 1 amide bonds. The van der Waals surface area contributed by atoms with Crippen LogP contribution in [0.25, 0.3) is 0 Å². The number of carbonyl (C=O) groups is 1. The number of nitrogens with two attached hydrogens (primary N) is 1. The molecule has 1 fully saturated rings. The van der Waals surface area contributed by atoms with Crippen LogP contribution in [0.2, 0.25) is 0 Å². The van der Waals surface area contributed by atoms with E-state index in [9.17, 15) is 13.2 Å². The monoisotopic (exact) mass is 298 g/mol. The fourth-order valence-corrected chi connectivity index (χ4v) is 3.46. The molecule has 2 rings (SSSR count). The minimum Gasteiger partial charge on any atom is -0.492 e. The number of carbonyl (C=O) groups excluding carboxylic acids is 1. The highest BCUT2D eigenvalue weighted by Gasteiger charge is 2.59. The molecule has 7 heteroatoms. The van der Waals surface area contributed by atoms with Crippen molar-refractivity contribution in [3.63, 3.8) is 0 Å². The van der Waals surface area contributed by atoms with Gasteiger partial charge in [-0.3, -0.25) is 4.79 Å². The van der Waals surface area contributed by atoms with Crippen LogP contribution in [-0.2, 0) is 21.4 Å². The molecule has 6 nitrogen and oxygen atoms in total. The first kappa shape index (κ1) is 14.8. The Labute approximate surface area is 118 Å². The first-order valence-electron chi connectivity index (χ1n) is 6.29. The predicted octanol–water partition coefficient (Wildman–Crippen LogP) is 0.475. The summed E-state index contributed by atoms with van der Waals surface area (Å²) in [4.78, 5) is 11.7. The fraction of sp³-hybridized carbons (Fsp3) is 0.462. The first-order chi connectivity index (χ1) is 9.30. The van der Waals surface area contributed by atoms with Gasteiger partial charge in [0.05, 0.1) is 6.54 Å². The summed E-state index contributed by atoms with van der Waals surface area (Å²) in [5.74, 6) is 0.228. The van der Waals surface area contributed by atoms with Crippen molar-refractivity contribution in [1.82, 2.24) is 4.31 Å². The fourth-order valence-electron chi connectivity index (χ4n) is 1.95. The Balaban J connectivity index is 1.89. The van der Waals surface area contributed by atoms with Crippen molar-refractivity contribution in [1.29, 1.82) is 0 Å². The number of ether oxygens (including phenoxy) is 1. The maximum absolute atomic E-state index is 11.8. The number of hydrogen-bond donors (Lipinski definition) is 1. The van der Waals surface area contributed by atoms with Crippen LogP contribution in [-0.4, -0.2) is 36.5 Å². The van der Waals surface area contributed by atoms with Gasteiger partial charge >= 0.3 is 0 Å². The summed E-state index contributed by atoms with van der Waals surface area (Å²) in [6.45, 7) is 3.43. The van der Waals surface area contributed by atoms with E-state index in [0.717, 1.165) is 9.87 Å². The third-order valence-corrected chi connectivity index (χ3v) is 5.79. The van der Waals surface area contributed by atoms with Gasteiger partial charge in [-0.15, -0.1) is 0 Å². The normalized spacial score (nSPS) is 19.6. The Morgan fingerprint density at radius 1 is 1.25 bits per heavy atom. The van der Waals surface area contributed by atoms with E-state index in [4.69, 9.17) is 10.5 Å². The van der Waals surface area contributed by atoms with Gasteiger partial charge in [0.15, 0.2) is 4.75 Å². The summed E-state index contributed by atoms with van der Waals surface area (Å²) in [5, 5.41) is 0. The Kier molecular flexibility index (Phi) is 3.75. The number of nitrogens with zero attached hydrogens (tertiary/aromatic N) is 1. The summed E-state index contributed by atoms with van der Waals surface area (Å²) in [6.07, 6.45) is 0. The smallest absolute Gasteiger partial charge is 0.259 e. The topological polar surface area (TPSA) is 89.7 Å². The second-order valence-electron chi connectivity index (χ2n) is 5.09. The molecule has 1 aromatic carbocycles. The van der Waals surface area contributed by atoms with Crippen LogP contribution < -0.4 is 10.5 Å². The number of hydrogen-bond acceptors (Lipinski definition) is 5. The van der Waals surface area contributed by atoms with E-state index in [1.54, 1.807) is 12.1 Å². The van der Waals surface area contributed by atoms with Crippen molar-refractivity contribution >= 4 is 15.9 Å². The minimum absolute atomic E-state index is 0.0310. The van der Waals surface area contributed by atoms with Gasteiger partial charge in [-0.2, -0.15) is 0 Å². The molecule has 0 unspecified atom stereocenters. The third kappa shape index (κ3) is 2.27. The number of benzene rings is 1. The standard InChI is InChI=1S/C13H18N2O4S/c1-13(2)12(16)15(20(13,17)18)7-8-19-11-5-3-10(9-14)4-6-11/h3-6H,7-9,14H2,1-2H3. The molecular formula is C13H18N2O4S. The average Bonchev–Trinajstić information content (AvgIpc) is 2.43. The molecule has 1 aliphatic rings. The summed E-state index contributed by atoms with van der Waals surface area (Å²) in [5.41, 5.74) is 6.47. The lowest BCUT2D eigenvalue weighted by Crippen LogP contribution is -2.67. The van der Waals surface area contributed by atoms with E-state index in [-0.39, 0.29) is 19.1 Å². The Morgan fingerprint density at radius 2 is 1.85 bits per heavy atom. The van der Waals surface area contributed by atoms with Crippen LogP contribution in [0.1, 0.15) is 19.4 Å². The maximum Gasteiger partial charge on any atom is 0.259 e. The Bertz CT molecular complexity index is 608. The molecule has 0 aliphatic carbocycles. The number of amides is 1. The van der Waals surface area contributed by atoms with Crippen LogP contribution in [0.5, 0.6) is 5.75 Å². The van der Waals surface area contributed by atoms with Crippen molar-refractivity contribution in [2.75, 3.05) is 13.2 Å². The molecule has 2 N–H and O–H groups in total. The molecule has 1 saturated heterocycles. The van der Waals surface area contributed by atoms with Gasteiger partial charge in [-0.05, 0) is 31.5 Å². The zero-order valence-electron chi connectivity index (χ0n) is 11.5. The quantitative estimate of drug-likeness (QED) is 0.853. The zero-order chi connectivity index (χ0) is 15.0. The lowest BCUT2D eigenvalue weighted by molar-refractivity contribution is -0.132. The first-order valence-corrected chi connectivity index (χ1v) is 7.73. The van der Waals surface area contributed by atoms with Gasteiger partial charge < -0.3 is 10.5 Å².